The van der Waals surface area contributed by atoms with Crippen molar-refractivity contribution in [3.05, 3.63) is 23.8 Å². The van der Waals surface area contributed by atoms with Gasteiger partial charge in [-0.05, 0) is 24.6 Å². The van der Waals surface area contributed by atoms with Crippen LogP contribution in [0.2, 0.25) is 0 Å². The maximum absolute atomic E-state index is 11.7. The normalized spacial score (nSPS) is 18.0. The van der Waals surface area contributed by atoms with Crippen LogP contribution in [0.1, 0.15) is 72.3 Å². The van der Waals surface area contributed by atoms with Gasteiger partial charge in [0.25, 0.3) is 17.9 Å². The topological polar surface area (TPSA) is 97.4 Å². The van der Waals surface area contributed by atoms with E-state index in [2.05, 4.69) is 6.92 Å². The largest absolute Gasteiger partial charge is 0.742 e. The van der Waals surface area contributed by atoms with Gasteiger partial charge in [0, 0.05) is 39.7 Å². The van der Waals surface area contributed by atoms with Crippen molar-refractivity contribution >= 4 is 31.9 Å². The average Bonchev–Trinajstić information content (AvgIpc) is 2.63. The van der Waals surface area contributed by atoms with Crippen LogP contribution < -0.4 is 9.92 Å². The Morgan fingerprint density at radius 2 is 1.60 bits per heavy atom. The van der Waals surface area contributed by atoms with Crippen LogP contribution in [0.4, 0.5) is 0 Å². The van der Waals surface area contributed by atoms with Gasteiger partial charge in [-0.15, -0.1) is 0 Å². The molecule has 1 aromatic carbocycles. The van der Waals surface area contributed by atoms with Crippen molar-refractivity contribution in [3.63, 3.8) is 0 Å². The standard InChI is InChI=1S/C21H30O8Si/c1-6-7-8-9-12-21(5)25-14-18-13-19(10-11-20(18)26-21)30(27-15(2)22,28-16(3)23)29-17(4)24/h10-11,13H,6-9,12,14H2,1-5H3. The van der Waals surface area contributed by atoms with E-state index in [-0.39, 0.29) is 6.61 Å². The number of hydrogen-bond donors (Lipinski definition) is 0. The predicted molar refractivity (Wildman–Crippen MR) is 110 cm³/mol. The molecule has 0 spiro atoms. The second-order valence-corrected chi connectivity index (χ2v) is 9.80. The van der Waals surface area contributed by atoms with Crippen LogP contribution in [0, 0.1) is 0 Å². The molecule has 1 heterocycles. The summed E-state index contributed by atoms with van der Waals surface area (Å²) in [5.41, 5.74) is 0.682. The number of hydrogen-bond acceptors (Lipinski definition) is 8. The Morgan fingerprint density at radius 3 is 2.13 bits per heavy atom. The molecule has 0 saturated heterocycles. The highest BCUT2D eigenvalue weighted by Crippen LogP contribution is 2.34. The van der Waals surface area contributed by atoms with Crippen molar-refractivity contribution in [2.24, 2.45) is 0 Å². The van der Waals surface area contributed by atoms with Crippen molar-refractivity contribution in [3.8, 4) is 5.75 Å². The molecule has 0 aromatic heterocycles. The van der Waals surface area contributed by atoms with E-state index in [0.717, 1.165) is 46.5 Å². The fraction of sp³-hybridized carbons (Fsp3) is 0.571. The molecule has 0 saturated carbocycles. The van der Waals surface area contributed by atoms with E-state index >= 15 is 0 Å². The lowest BCUT2D eigenvalue weighted by atomic mass is 10.1. The van der Waals surface area contributed by atoms with E-state index < -0.39 is 32.5 Å². The zero-order valence-electron chi connectivity index (χ0n) is 18.2. The van der Waals surface area contributed by atoms with Gasteiger partial charge in [-0.2, -0.15) is 0 Å². The molecule has 0 amide bonds. The van der Waals surface area contributed by atoms with Gasteiger partial charge in [-0.1, -0.05) is 26.2 Å². The van der Waals surface area contributed by atoms with E-state index in [1.54, 1.807) is 18.2 Å². The summed E-state index contributed by atoms with van der Waals surface area (Å²) in [6.07, 6.45) is 5.21. The van der Waals surface area contributed by atoms with Crippen LogP contribution in [0.3, 0.4) is 0 Å². The first kappa shape index (κ1) is 23.9. The molecular formula is C21H30O8Si. The second-order valence-electron chi connectivity index (χ2n) is 7.49. The van der Waals surface area contributed by atoms with Crippen molar-refractivity contribution in [1.82, 2.24) is 0 Å². The molecule has 0 radical (unpaired) electrons. The van der Waals surface area contributed by atoms with E-state index in [0.29, 0.717) is 16.5 Å². The van der Waals surface area contributed by atoms with Gasteiger partial charge in [0.2, 0.25) is 5.79 Å². The number of unbranched alkanes of at least 4 members (excludes halogenated alkanes) is 3. The number of ether oxygens (including phenoxy) is 2. The van der Waals surface area contributed by atoms with Gasteiger partial charge in [-0.3, -0.25) is 14.4 Å². The highest BCUT2D eigenvalue weighted by atomic mass is 28.4. The number of carbonyl (C=O) groups excluding carboxylic acids is 3. The summed E-state index contributed by atoms with van der Waals surface area (Å²) >= 11 is 0. The minimum atomic E-state index is -4.15. The summed E-state index contributed by atoms with van der Waals surface area (Å²) in [5, 5.41) is 0.292. The summed E-state index contributed by atoms with van der Waals surface area (Å²) in [5.74, 6) is -2.28. The van der Waals surface area contributed by atoms with Crippen LogP contribution in [0.15, 0.2) is 18.2 Å². The summed E-state index contributed by atoms with van der Waals surface area (Å²) in [4.78, 5) is 35.1. The minimum Gasteiger partial charge on any atom is -0.462 e. The van der Waals surface area contributed by atoms with Gasteiger partial charge in [0.15, 0.2) is 0 Å². The molecule has 1 aromatic rings. The van der Waals surface area contributed by atoms with Gasteiger partial charge in [0.05, 0.1) is 11.8 Å². The van der Waals surface area contributed by atoms with E-state index in [1.165, 1.54) is 6.42 Å². The molecule has 1 aliphatic heterocycles. The molecule has 166 valence electrons. The van der Waals surface area contributed by atoms with Crippen molar-refractivity contribution in [2.75, 3.05) is 0 Å². The summed E-state index contributed by atoms with van der Waals surface area (Å²) in [6.45, 7) is 7.80. The average molecular weight is 439 g/mol. The highest BCUT2D eigenvalue weighted by molar-refractivity contribution is 6.79. The van der Waals surface area contributed by atoms with Crippen LogP contribution >= 0.6 is 0 Å². The van der Waals surface area contributed by atoms with Gasteiger partial charge < -0.3 is 22.8 Å². The number of fused-ring (bicyclic) bond motifs is 1. The maximum atomic E-state index is 11.7. The minimum absolute atomic E-state index is 0.262. The van der Waals surface area contributed by atoms with Crippen molar-refractivity contribution < 1.29 is 37.1 Å². The Kier molecular flexibility index (Phi) is 8.02. The molecular weight excluding hydrogens is 408 g/mol. The smallest absolute Gasteiger partial charge is 0.462 e. The molecule has 0 bridgehead atoms. The van der Waals surface area contributed by atoms with Crippen molar-refractivity contribution in [1.29, 1.82) is 0 Å². The third-order valence-corrected chi connectivity index (χ3v) is 7.28. The molecule has 30 heavy (non-hydrogen) atoms. The third kappa shape index (κ3) is 6.30. The molecule has 1 atom stereocenters. The summed E-state index contributed by atoms with van der Waals surface area (Å²) < 4.78 is 27.9. The molecule has 9 heteroatoms. The van der Waals surface area contributed by atoms with Gasteiger partial charge in [-0.25, -0.2) is 0 Å². The van der Waals surface area contributed by atoms with E-state index in [1.807, 2.05) is 6.92 Å². The molecule has 0 N–H and O–H groups in total. The quantitative estimate of drug-likeness (QED) is 0.428. The molecule has 1 unspecified atom stereocenters. The lowest BCUT2D eigenvalue weighted by Gasteiger charge is -2.36. The summed E-state index contributed by atoms with van der Waals surface area (Å²) in [7, 11) is -4.15. The predicted octanol–water partition coefficient (Wildman–Crippen LogP) is 3.12. The second kappa shape index (κ2) is 10.1. The molecule has 2 rings (SSSR count). The Balaban J connectivity index is 2.31. The fourth-order valence-electron chi connectivity index (χ4n) is 3.28. The molecule has 0 fully saturated rings. The number of carbonyl (C=O) groups is 3. The third-order valence-electron chi connectivity index (χ3n) is 4.59. The zero-order valence-corrected chi connectivity index (χ0v) is 19.2. The molecule has 8 nitrogen and oxygen atoms in total. The van der Waals surface area contributed by atoms with E-state index in [4.69, 9.17) is 22.8 Å². The van der Waals surface area contributed by atoms with Crippen LogP contribution in [0.25, 0.3) is 0 Å². The first-order chi connectivity index (χ1) is 14.1. The lowest BCUT2D eigenvalue weighted by Crippen LogP contribution is -2.59. The van der Waals surface area contributed by atoms with Crippen molar-refractivity contribution in [2.45, 2.75) is 79.1 Å². The van der Waals surface area contributed by atoms with E-state index in [9.17, 15) is 14.4 Å². The maximum Gasteiger partial charge on any atom is 0.742 e. The van der Waals surface area contributed by atoms with Crippen LogP contribution in [0.5, 0.6) is 5.75 Å². The van der Waals surface area contributed by atoms with Gasteiger partial charge in [0.1, 0.15) is 5.75 Å². The van der Waals surface area contributed by atoms with Crippen LogP contribution in [-0.2, 0) is 39.0 Å². The summed E-state index contributed by atoms with van der Waals surface area (Å²) in [6, 6.07) is 4.91. The number of benzene rings is 1. The van der Waals surface area contributed by atoms with Crippen LogP contribution in [-0.4, -0.2) is 32.5 Å². The Labute approximate surface area is 178 Å². The first-order valence-electron chi connectivity index (χ1n) is 10.1. The molecule has 0 aliphatic carbocycles. The van der Waals surface area contributed by atoms with Gasteiger partial charge >= 0.3 is 8.80 Å². The Hall–Kier alpha value is -2.39. The monoisotopic (exact) mass is 438 g/mol. The lowest BCUT2D eigenvalue weighted by molar-refractivity contribution is -0.198. The fourth-order valence-corrected chi connectivity index (χ4v) is 5.53. The Bertz CT molecular complexity index is 752. The zero-order chi connectivity index (χ0) is 22.4. The number of rotatable bonds is 9. The SMILES string of the molecule is CCCCCCC1(C)OCc2cc([Si](OC(C)=O)(OC(C)=O)OC(C)=O)ccc2O1. The molecule has 1 aliphatic rings. The highest BCUT2D eigenvalue weighted by Gasteiger charge is 2.55. The first-order valence-corrected chi connectivity index (χ1v) is 11.9. The Morgan fingerprint density at radius 1 is 1.00 bits per heavy atom.